The SMILES string of the molecule is CSc1ccccc1C(=O)OCC(=O)Nc1ccccc1Br. The maximum absolute atomic E-state index is 12.0. The second kappa shape index (κ2) is 8.00. The Morgan fingerprint density at radius 3 is 2.55 bits per heavy atom. The molecule has 0 saturated heterocycles. The van der Waals surface area contributed by atoms with Crippen molar-refractivity contribution in [2.24, 2.45) is 0 Å². The molecule has 0 heterocycles. The topological polar surface area (TPSA) is 55.4 Å². The standard InChI is InChI=1S/C16H14BrNO3S/c1-22-14-9-5-2-6-11(14)16(20)21-10-15(19)18-13-8-4-3-7-12(13)17/h2-9H,10H2,1H3,(H,18,19). The summed E-state index contributed by atoms with van der Waals surface area (Å²) in [7, 11) is 0. The van der Waals surface area contributed by atoms with Gasteiger partial charge in [-0.05, 0) is 46.5 Å². The Morgan fingerprint density at radius 1 is 1.14 bits per heavy atom. The minimum atomic E-state index is -0.507. The van der Waals surface area contributed by atoms with Crippen LogP contribution in [-0.2, 0) is 9.53 Å². The average molecular weight is 380 g/mol. The van der Waals surface area contributed by atoms with Crippen LogP contribution in [-0.4, -0.2) is 24.7 Å². The third-order valence-electron chi connectivity index (χ3n) is 2.81. The van der Waals surface area contributed by atoms with Crippen LogP contribution in [0.3, 0.4) is 0 Å². The van der Waals surface area contributed by atoms with Gasteiger partial charge in [0.2, 0.25) is 0 Å². The van der Waals surface area contributed by atoms with Gasteiger partial charge in [0.25, 0.3) is 5.91 Å². The van der Waals surface area contributed by atoms with E-state index in [0.29, 0.717) is 11.3 Å². The van der Waals surface area contributed by atoms with Crippen LogP contribution in [0.25, 0.3) is 0 Å². The lowest BCUT2D eigenvalue weighted by molar-refractivity contribution is -0.119. The van der Waals surface area contributed by atoms with Gasteiger partial charge in [-0.25, -0.2) is 4.79 Å². The molecule has 22 heavy (non-hydrogen) atoms. The van der Waals surface area contributed by atoms with E-state index in [9.17, 15) is 9.59 Å². The fourth-order valence-electron chi connectivity index (χ4n) is 1.77. The van der Waals surface area contributed by atoms with Crippen molar-refractivity contribution >= 4 is 45.3 Å². The number of carbonyl (C=O) groups excluding carboxylic acids is 2. The zero-order valence-electron chi connectivity index (χ0n) is 11.8. The molecule has 1 N–H and O–H groups in total. The van der Waals surface area contributed by atoms with Gasteiger partial charge in [-0.15, -0.1) is 11.8 Å². The van der Waals surface area contributed by atoms with E-state index >= 15 is 0 Å². The molecule has 2 aromatic carbocycles. The van der Waals surface area contributed by atoms with E-state index in [-0.39, 0.29) is 12.5 Å². The molecule has 2 aromatic rings. The number of carbonyl (C=O) groups is 2. The highest BCUT2D eigenvalue weighted by atomic mass is 79.9. The summed E-state index contributed by atoms with van der Waals surface area (Å²) in [6.07, 6.45) is 1.88. The average Bonchev–Trinajstić information content (AvgIpc) is 2.54. The number of ether oxygens (including phenoxy) is 1. The van der Waals surface area contributed by atoms with Crippen LogP contribution in [0.2, 0.25) is 0 Å². The van der Waals surface area contributed by atoms with E-state index in [0.717, 1.165) is 9.37 Å². The molecule has 0 spiro atoms. The molecule has 0 aliphatic heterocycles. The highest BCUT2D eigenvalue weighted by molar-refractivity contribution is 9.10. The van der Waals surface area contributed by atoms with Crippen molar-refractivity contribution in [1.82, 2.24) is 0 Å². The highest BCUT2D eigenvalue weighted by Crippen LogP contribution is 2.22. The summed E-state index contributed by atoms with van der Waals surface area (Å²) in [6.45, 7) is -0.330. The molecule has 0 aromatic heterocycles. The Labute approximate surface area is 141 Å². The number of thioether (sulfide) groups is 1. The van der Waals surface area contributed by atoms with Crippen molar-refractivity contribution in [2.75, 3.05) is 18.2 Å². The monoisotopic (exact) mass is 379 g/mol. The van der Waals surface area contributed by atoms with Gasteiger partial charge in [0.05, 0.1) is 11.3 Å². The second-order valence-corrected chi connectivity index (χ2v) is 6.01. The number of amides is 1. The first kappa shape index (κ1) is 16.6. The fraction of sp³-hybridized carbons (Fsp3) is 0.125. The summed E-state index contributed by atoms with van der Waals surface area (Å²) >= 11 is 4.79. The molecule has 114 valence electrons. The van der Waals surface area contributed by atoms with Crippen LogP contribution in [0.1, 0.15) is 10.4 Å². The first-order chi connectivity index (χ1) is 10.6. The number of benzene rings is 2. The third kappa shape index (κ3) is 4.35. The number of rotatable bonds is 5. The molecule has 0 saturated carbocycles. The number of esters is 1. The summed E-state index contributed by atoms with van der Waals surface area (Å²) in [4.78, 5) is 24.7. The zero-order chi connectivity index (χ0) is 15.9. The summed E-state index contributed by atoms with van der Waals surface area (Å²) < 4.78 is 5.83. The predicted molar refractivity (Wildman–Crippen MR) is 91.3 cm³/mol. The molecule has 0 aliphatic carbocycles. The lowest BCUT2D eigenvalue weighted by Gasteiger charge is -2.09. The maximum Gasteiger partial charge on any atom is 0.339 e. The Kier molecular flexibility index (Phi) is 6.03. The van der Waals surface area contributed by atoms with Gasteiger partial charge in [-0.1, -0.05) is 24.3 Å². The van der Waals surface area contributed by atoms with Crippen LogP contribution >= 0.6 is 27.7 Å². The van der Waals surface area contributed by atoms with Crippen LogP contribution in [0, 0.1) is 0 Å². The number of hydrogen-bond acceptors (Lipinski definition) is 4. The molecule has 0 atom stereocenters. The van der Waals surface area contributed by atoms with E-state index in [1.165, 1.54) is 11.8 Å². The lowest BCUT2D eigenvalue weighted by Crippen LogP contribution is -2.21. The van der Waals surface area contributed by atoms with Crippen molar-refractivity contribution in [1.29, 1.82) is 0 Å². The third-order valence-corrected chi connectivity index (χ3v) is 4.30. The van der Waals surface area contributed by atoms with Gasteiger partial charge in [-0.2, -0.15) is 0 Å². The van der Waals surface area contributed by atoms with Crippen molar-refractivity contribution in [3.8, 4) is 0 Å². The minimum Gasteiger partial charge on any atom is -0.452 e. The van der Waals surface area contributed by atoms with Gasteiger partial charge in [0.1, 0.15) is 0 Å². The van der Waals surface area contributed by atoms with Gasteiger partial charge in [0.15, 0.2) is 6.61 Å². The Bertz CT molecular complexity index is 691. The van der Waals surface area contributed by atoms with Gasteiger partial charge in [0, 0.05) is 9.37 Å². The molecule has 1 amide bonds. The molecular formula is C16H14BrNO3S. The number of anilines is 1. The van der Waals surface area contributed by atoms with Crippen molar-refractivity contribution in [3.05, 3.63) is 58.6 Å². The molecule has 6 heteroatoms. The van der Waals surface area contributed by atoms with Gasteiger partial charge in [-0.3, -0.25) is 4.79 Å². The quantitative estimate of drug-likeness (QED) is 0.630. The van der Waals surface area contributed by atoms with Gasteiger partial charge < -0.3 is 10.1 Å². The smallest absolute Gasteiger partial charge is 0.339 e. The minimum absolute atomic E-state index is 0.330. The molecule has 0 radical (unpaired) electrons. The van der Waals surface area contributed by atoms with E-state index in [1.54, 1.807) is 24.3 Å². The Balaban J connectivity index is 1.94. The molecule has 0 bridgehead atoms. The molecule has 0 fully saturated rings. The predicted octanol–water partition coefficient (Wildman–Crippen LogP) is 3.97. The first-order valence-electron chi connectivity index (χ1n) is 6.46. The summed E-state index contributed by atoms with van der Waals surface area (Å²) in [5.41, 5.74) is 1.09. The summed E-state index contributed by atoms with van der Waals surface area (Å²) in [5.74, 6) is -0.894. The second-order valence-electron chi connectivity index (χ2n) is 4.30. The molecule has 4 nitrogen and oxygen atoms in total. The van der Waals surface area contributed by atoms with Crippen molar-refractivity contribution in [3.63, 3.8) is 0 Å². The maximum atomic E-state index is 12.0. The van der Waals surface area contributed by atoms with Crippen LogP contribution in [0.4, 0.5) is 5.69 Å². The van der Waals surface area contributed by atoms with Crippen molar-refractivity contribution < 1.29 is 14.3 Å². The molecule has 0 aliphatic rings. The normalized spacial score (nSPS) is 10.1. The van der Waals surface area contributed by atoms with Crippen molar-refractivity contribution in [2.45, 2.75) is 4.90 Å². The lowest BCUT2D eigenvalue weighted by atomic mass is 10.2. The van der Waals surface area contributed by atoms with Crippen LogP contribution in [0.5, 0.6) is 0 Å². The van der Waals surface area contributed by atoms with E-state index in [1.807, 2.05) is 30.5 Å². The molecule has 2 rings (SSSR count). The number of hydrogen-bond donors (Lipinski definition) is 1. The van der Waals surface area contributed by atoms with Crippen LogP contribution in [0.15, 0.2) is 57.9 Å². The zero-order valence-corrected chi connectivity index (χ0v) is 14.2. The number of para-hydroxylation sites is 1. The van der Waals surface area contributed by atoms with E-state index in [2.05, 4.69) is 21.2 Å². The van der Waals surface area contributed by atoms with Crippen LogP contribution < -0.4 is 5.32 Å². The summed E-state index contributed by atoms with van der Waals surface area (Å²) in [6, 6.07) is 14.4. The van der Waals surface area contributed by atoms with E-state index < -0.39 is 5.97 Å². The number of halogens is 1. The van der Waals surface area contributed by atoms with Gasteiger partial charge >= 0.3 is 5.97 Å². The molecular weight excluding hydrogens is 366 g/mol. The summed E-state index contributed by atoms with van der Waals surface area (Å²) in [5, 5.41) is 2.68. The largest absolute Gasteiger partial charge is 0.452 e. The fourth-order valence-corrected chi connectivity index (χ4v) is 2.74. The molecule has 0 unspecified atom stereocenters. The highest BCUT2D eigenvalue weighted by Gasteiger charge is 2.14. The Hall–Kier alpha value is -1.79. The number of nitrogens with one attached hydrogen (secondary N) is 1. The Morgan fingerprint density at radius 2 is 1.82 bits per heavy atom. The first-order valence-corrected chi connectivity index (χ1v) is 8.48. The van der Waals surface area contributed by atoms with E-state index in [4.69, 9.17) is 4.74 Å².